The molecule has 0 aliphatic carbocycles. The van der Waals surface area contributed by atoms with Crippen molar-refractivity contribution in [3.05, 3.63) is 41.0 Å². The Labute approximate surface area is 127 Å². The molecule has 1 aliphatic rings. The van der Waals surface area contributed by atoms with Gasteiger partial charge in [0.15, 0.2) is 0 Å². The first-order valence-electron chi connectivity index (χ1n) is 7.61. The Morgan fingerprint density at radius 3 is 2.29 bits per heavy atom. The fraction of sp³-hybridized carbons (Fsp3) is 0.444. The maximum atomic E-state index is 5.98. The molecule has 0 N–H and O–H groups in total. The van der Waals surface area contributed by atoms with Gasteiger partial charge in [-0.25, -0.2) is 0 Å². The molecular formula is C18H23BO2. The number of aryl methyl sites for hydroxylation is 3. The lowest BCUT2D eigenvalue weighted by atomic mass is 9.72. The van der Waals surface area contributed by atoms with Gasteiger partial charge in [0.1, 0.15) is 0 Å². The van der Waals surface area contributed by atoms with E-state index in [1.54, 1.807) is 0 Å². The van der Waals surface area contributed by atoms with Crippen LogP contribution in [-0.4, -0.2) is 20.3 Å². The van der Waals surface area contributed by atoms with Crippen LogP contribution < -0.4 is 5.46 Å². The molecule has 0 amide bonds. The van der Waals surface area contributed by atoms with Crippen LogP contribution >= 0.6 is 0 Å². The van der Waals surface area contributed by atoms with E-state index in [9.17, 15) is 0 Å². The van der Waals surface area contributed by atoms with E-state index in [-0.39, 0.29) is 12.5 Å². The lowest BCUT2D eigenvalue weighted by Gasteiger charge is -2.33. The number of fused-ring (bicyclic) bond motifs is 1. The monoisotopic (exact) mass is 282 g/mol. The lowest BCUT2D eigenvalue weighted by Crippen LogP contribution is -2.47. The van der Waals surface area contributed by atoms with Gasteiger partial charge in [0.25, 0.3) is 0 Å². The van der Waals surface area contributed by atoms with Gasteiger partial charge in [0, 0.05) is 18.6 Å². The Kier molecular flexibility index (Phi) is 3.58. The van der Waals surface area contributed by atoms with Crippen LogP contribution in [0.5, 0.6) is 0 Å². The van der Waals surface area contributed by atoms with E-state index < -0.39 is 0 Å². The Bertz CT molecular complexity index is 681. The van der Waals surface area contributed by atoms with E-state index in [1.165, 1.54) is 27.5 Å². The highest BCUT2D eigenvalue weighted by atomic mass is 16.6. The summed E-state index contributed by atoms with van der Waals surface area (Å²) in [6.07, 6.45) is 0. The summed E-state index contributed by atoms with van der Waals surface area (Å²) in [6.45, 7) is 12.3. The summed E-state index contributed by atoms with van der Waals surface area (Å²) in [5.41, 5.74) is 5.16. The molecule has 2 aromatic rings. The fourth-order valence-corrected chi connectivity index (χ4v) is 3.18. The predicted octanol–water partition coefficient (Wildman–Crippen LogP) is 3.53. The SMILES string of the molecule is Cc1cc(C)c2c(C)ccc(B3OCC(C)(C)CO3)c2c1. The van der Waals surface area contributed by atoms with Gasteiger partial charge in [-0.2, -0.15) is 0 Å². The molecule has 1 aliphatic heterocycles. The van der Waals surface area contributed by atoms with Crippen LogP contribution in [0.25, 0.3) is 10.8 Å². The van der Waals surface area contributed by atoms with Gasteiger partial charge >= 0.3 is 7.12 Å². The van der Waals surface area contributed by atoms with Crippen molar-refractivity contribution >= 4 is 23.4 Å². The highest BCUT2D eigenvalue weighted by Crippen LogP contribution is 2.26. The molecule has 0 unspecified atom stereocenters. The Balaban J connectivity index is 2.10. The fourth-order valence-electron chi connectivity index (χ4n) is 3.18. The minimum Gasteiger partial charge on any atom is -0.407 e. The molecule has 0 atom stereocenters. The quantitative estimate of drug-likeness (QED) is 0.745. The summed E-state index contributed by atoms with van der Waals surface area (Å²) < 4.78 is 12.0. The van der Waals surface area contributed by atoms with Gasteiger partial charge in [-0.15, -0.1) is 0 Å². The minimum absolute atomic E-state index is 0.100. The normalized spacial score (nSPS) is 18.2. The van der Waals surface area contributed by atoms with Gasteiger partial charge in [-0.3, -0.25) is 0 Å². The van der Waals surface area contributed by atoms with E-state index in [0.29, 0.717) is 0 Å². The van der Waals surface area contributed by atoms with Crippen molar-refractivity contribution in [3.8, 4) is 0 Å². The molecule has 0 saturated carbocycles. The molecule has 0 spiro atoms. The van der Waals surface area contributed by atoms with Gasteiger partial charge in [-0.05, 0) is 48.1 Å². The molecule has 2 nitrogen and oxygen atoms in total. The van der Waals surface area contributed by atoms with Crippen molar-refractivity contribution in [1.82, 2.24) is 0 Å². The topological polar surface area (TPSA) is 18.5 Å². The van der Waals surface area contributed by atoms with Crippen LogP contribution in [0.2, 0.25) is 0 Å². The van der Waals surface area contributed by atoms with E-state index in [0.717, 1.165) is 18.7 Å². The van der Waals surface area contributed by atoms with Gasteiger partial charge in [-0.1, -0.05) is 43.7 Å². The van der Waals surface area contributed by atoms with Crippen LogP contribution in [0.3, 0.4) is 0 Å². The Hall–Kier alpha value is -1.32. The van der Waals surface area contributed by atoms with Crippen molar-refractivity contribution in [2.45, 2.75) is 34.6 Å². The molecule has 0 bridgehead atoms. The van der Waals surface area contributed by atoms with Crippen molar-refractivity contribution in [2.24, 2.45) is 5.41 Å². The molecule has 0 radical (unpaired) electrons. The minimum atomic E-state index is -0.248. The summed E-state index contributed by atoms with van der Waals surface area (Å²) >= 11 is 0. The third kappa shape index (κ3) is 2.73. The first-order chi connectivity index (χ1) is 9.87. The summed E-state index contributed by atoms with van der Waals surface area (Å²) in [5.74, 6) is 0. The third-order valence-electron chi connectivity index (χ3n) is 4.20. The van der Waals surface area contributed by atoms with Crippen LogP contribution in [-0.2, 0) is 9.31 Å². The molecule has 2 aromatic carbocycles. The Morgan fingerprint density at radius 2 is 1.62 bits per heavy atom. The molecule has 110 valence electrons. The maximum absolute atomic E-state index is 5.98. The number of benzene rings is 2. The largest absolute Gasteiger partial charge is 0.494 e. The van der Waals surface area contributed by atoms with Crippen LogP contribution in [0.1, 0.15) is 30.5 Å². The molecule has 1 heterocycles. The molecule has 21 heavy (non-hydrogen) atoms. The Morgan fingerprint density at radius 1 is 0.952 bits per heavy atom. The molecule has 1 saturated heterocycles. The molecule has 3 rings (SSSR count). The second-order valence-corrected chi connectivity index (χ2v) is 7.09. The van der Waals surface area contributed by atoms with Crippen molar-refractivity contribution < 1.29 is 9.31 Å². The van der Waals surface area contributed by atoms with Crippen LogP contribution in [0.4, 0.5) is 0 Å². The van der Waals surface area contributed by atoms with Crippen LogP contribution in [0.15, 0.2) is 24.3 Å². The zero-order chi connectivity index (χ0) is 15.2. The van der Waals surface area contributed by atoms with E-state index in [1.807, 2.05) is 0 Å². The first-order valence-corrected chi connectivity index (χ1v) is 7.61. The highest BCUT2D eigenvalue weighted by Gasteiger charge is 2.34. The zero-order valence-electron chi connectivity index (χ0n) is 13.6. The molecule has 3 heteroatoms. The van der Waals surface area contributed by atoms with E-state index >= 15 is 0 Å². The smallest absolute Gasteiger partial charge is 0.407 e. The average molecular weight is 282 g/mol. The number of hydrogen-bond acceptors (Lipinski definition) is 2. The first kappa shape index (κ1) is 14.6. The van der Waals surface area contributed by atoms with E-state index in [4.69, 9.17) is 9.31 Å². The zero-order valence-corrected chi connectivity index (χ0v) is 13.6. The summed E-state index contributed by atoms with van der Waals surface area (Å²) in [7, 11) is -0.248. The molecular weight excluding hydrogens is 259 g/mol. The van der Waals surface area contributed by atoms with Gasteiger partial charge in [0.05, 0.1) is 0 Å². The third-order valence-corrected chi connectivity index (χ3v) is 4.20. The number of rotatable bonds is 1. The van der Waals surface area contributed by atoms with Crippen molar-refractivity contribution in [3.63, 3.8) is 0 Å². The maximum Gasteiger partial charge on any atom is 0.494 e. The second kappa shape index (κ2) is 5.15. The summed E-state index contributed by atoms with van der Waals surface area (Å²) in [4.78, 5) is 0. The lowest BCUT2D eigenvalue weighted by molar-refractivity contribution is 0.0344. The standard InChI is InChI=1S/C18H23BO2/c1-12-8-14(3)17-13(2)6-7-16(15(17)9-12)19-20-10-18(4,5)11-21-19/h6-9H,10-11H2,1-5H3. The molecule has 0 aromatic heterocycles. The van der Waals surface area contributed by atoms with Crippen molar-refractivity contribution in [1.29, 1.82) is 0 Å². The second-order valence-electron chi connectivity index (χ2n) is 7.09. The summed E-state index contributed by atoms with van der Waals surface area (Å²) in [5, 5.41) is 2.59. The van der Waals surface area contributed by atoms with E-state index in [2.05, 4.69) is 58.9 Å². The van der Waals surface area contributed by atoms with Crippen molar-refractivity contribution in [2.75, 3.05) is 13.2 Å². The van der Waals surface area contributed by atoms with Crippen LogP contribution in [0, 0.1) is 26.2 Å². The summed E-state index contributed by atoms with van der Waals surface area (Å²) in [6, 6.07) is 8.81. The predicted molar refractivity (Wildman–Crippen MR) is 89.2 cm³/mol. The number of hydrogen-bond donors (Lipinski definition) is 0. The molecule has 1 fully saturated rings. The van der Waals surface area contributed by atoms with Gasteiger partial charge in [0.2, 0.25) is 0 Å². The average Bonchev–Trinajstić information content (AvgIpc) is 2.39. The highest BCUT2D eigenvalue weighted by molar-refractivity contribution is 6.64. The van der Waals surface area contributed by atoms with Gasteiger partial charge < -0.3 is 9.31 Å².